The number of amides is 2. The highest BCUT2D eigenvalue weighted by Crippen LogP contribution is 2.14. The maximum Gasteiger partial charge on any atom is 0.249 e. The maximum absolute atomic E-state index is 12.5. The molecular formula is C18H23N5O3. The summed E-state index contributed by atoms with van der Waals surface area (Å²) in [6.07, 6.45) is 0.0224. The predicted octanol–water partition coefficient (Wildman–Crippen LogP) is 0.320. The molecule has 1 aromatic rings. The smallest absolute Gasteiger partial charge is 0.249 e. The molecule has 26 heavy (non-hydrogen) atoms. The molecule has 1 atom stereocenters. The van der Waals surface area contributed by atoms with Crippen LogP contribution >= 0.6 is 0 Å². The molecule has 0 spiro atoms. The van der Waals surface area contributed by atoms with Crippen molar-refractivity contribution in [2.45, 2.75) is 19.4 Å². The molecule has 0 saturated carbocycles. The van der Waals surface area contributed by atoms with Crippen LogP contribution in [0.25, 0.3) is 0 Å². The summed E-state index contributed by atoms with van der Waals surface area (Å²) in [5.41, 5.74) is 1.15. The number of carbonyl (C=O) groups excluding carboxylic acids is 3. The summed E-state index contributed by atoms with van der Waals surface area (Å²) in [5, 5.41) is 5.54. The van der Waals surface area contributed by atoms with Crippen LogP contribution < -0.4 is 10.6 Å². The van der Waals surface area contributed by atoms with Crippen LogP contribution in [0.1, 0.15) is 23.7 Å². The second-order valence-corrected chi connectivity index (χ2v) is 6.63. The normalized spacial score (nSPS) is 21.0. The number of hydrogen-bond donors (Lipinski definition) is 2. The number of nitrogens with zero attached hydrogens (tertiary/aromatic N) is 3. The molecule has 2 heterocycles. The summed E-state index contributed by atoms with van der Waals surface area (Å²) in [4.78, 5) is 44.5. The van der Waals surface area contributed by atoms with Crippen molar-refractivity contribution in [3.8, 4) is 0 Å². The van der Waals surface area contributed by atoms with Crippen molar-refractivity contribution in [1.29, 1.82) is 0 Å². The summed E-state index contributed by atoms with van der Waals surface area (Å²) in [6.45, 7) is 4.78. The average molecular weight is 357 g/mol. The van der Waals surface area contributed by atoms with E-state index in [0.717, 1.165) is 26.2 Å². The number of guanidine groups is 1. The third-order valence-electron chi connectivity index (χ3n) is 4.57. The van der Waals surface area contributed by atoms with E-state index in [4.69, 9.17) is 0 Å². The zero-order valence-corrected chi connectivity index (χ0v) is 15.0. The third kappa shape index (κ3) is 4.26. The van der Waals surface area contributed by atoms with Gasteiger partial charge in [0.2, 0.25) is 17.8 Å². The summed E-state index contributed by atoms with van der Waals surface area (Å²) in [7, 11) is 2.05. The largest absolute Gasteiger partial charge is 0.340 e. The first-order valence-corrected chi connectivity index (χ1v) is 8.65. The molecule has 0 radical (unpaired) electrons. The Morgan fingerprint density at radius 3 is 2.42 bits per heavy atom. The van der Waals surface area contributed by atoms with E-state index < -0.39 is 6.04 Å². The van der Waals surface area contributed by atoms with Gasteiger partial charge in [-0.1, -0.05) is 0 Å². The van der Waals surface area contributed by atoms with Gasteiger partial charge in [-0.25, -0.2) is 4.99 Å². The zero-order valence-electron chi connectivity index (χ0n) is 15.0. The van der Waals surface area contributed by atoms with Crippen LogP contribution in [0, 0.1) is 0 Å². The van der Waals surface area contributed by atoms with Crippen molar-refractivity contribution in [2.24, 2.45) is 4.99 Å². The van der Waals surface area contributed by atoms with Crippen molar-refractivity contribution < 1.29 is 14.4 Å². The number of carbonyl (C=O) groups is 3. The molecule has 2 N–H and O–H groups in total. The number of nitrogens with one attached hydrogen (secondary N) is 2. The van der Waals surface area contributed by atoms with Gasteiger partial charge in [0.1, 0.15) is 6.04 Å². The fourth-order valence-electron chi connectivity index (χ4n) is 2.92. The van der Waals surface area contributed by atoms with Crippen LogP contribution in [0.2, 0.25) is 0 Å². The lowest BCUT2D eigenvalue weighted by Crippen LogP contribution is -2.55. The lowest BCUT2D eigenvalue weighted by atomic mass is 10.1. The molecule has 1 fully saturated rings. The molecule has 8 heteroatoms. The van der Waals surface area contributed by atoms with E-state index >= 15 is 0 Å². The third-order valence-corrected chi connectivity index (χ3v) is 4.57. The molecule has 138 valence electrons. The van der Waals surface area contributed by atoms with Crippen LogP contribution in [-0.4, -0.2) is 72.6 Å². The molecule has 1 aromatic carbocycles. The van der Waals surface area contributed by atoms with E-state index in [1.165, 1.54) is 6.92 Å². The molecule has 2 amide bonds. The molecule has 0 aliphatic carbocycles. The molecule has 3 rings (SSSR count). The van der Waals surface area contributed by atoms with Crippen LogP contribution in [-0.2, 0) is 9.59 Å². The van der Waals surface area contributed by atoms with E-state index in [9.17, 15) is 14.4 Å². The molecule has 2 aliphatic heterocycles. The summed E-state index contributed by atoms with van der Waals surface area (Å²) in [5.74, 6) is -0.0993. The van der Waals surface area contributed by atoms with Crippen molar-refractivity contribution in [3.05, 3.63) is 29.8 Å². The van der Waals surface area contributed by atoms with Crippen LogP contribution in [0.3, 0.4) is 0 Å². The fraction of sp³-hybridized carbons (Fsp3) is 0.444. The number of likely N-dealkylation sites (N-methyl/N-ethyl adjacent to an activating group) is 1. The fourth-order valence-corrected chi connectivity index (χ4v) is 2.92. The van der Waals surface area contributed by atoms with Crippen LogP contribution in [0.4, 0.5) is 5.69 Å². The Hall–Kier alpha value is -2.74. The van der Waals surface area contributed by atoms with Crippen LogP contribution in [0.15, 0.2) is 29.3 Å². The van der Waals surface area contributed by atoms with Crippen molar-refractivity contribution in [2.75, 3.05) is 38.5 Å². The minimum atomic E-state index is -0.758. The van der Waals surface area contributed by atoms with E-state index in [1.807, 2.05) is 11.9 Å². The Balaban J connectivity index is 1.68. The first-order chi connectivity index (χ1) is 12.4. The topological polar surface area (TPSA) is 94.1 Å². The number of Topliss-reactive ketones (excluding diaryl/α,β-unsaturated/α-hetero) is 1. The number of ketones is 1. The Labute approximate surface area is 152 Å². The van der Waals surface area contributed by atoms with E-state index in [1.54, 1.807) is 24.3 Å². The molecular weight excluding hydrogens is 334 g/mol. The van der Waals surface area contributed by atoms with E-state index in [2.05, 4.69) is 20.5 Å². The average Bonchev–Trinajstić information content (AvgIpc) is 2.62. The zero-order chi connectivity index (χ0) is 18.7. The first-order valence-electron chi connectivity index (χ1n) is 8.65. The molecule has 0 aromatic heterocycles. The summed E-state index contributed by atoms with van der Waals surface area (Å²) < 4.78 is 0. The molecule has 0 bridgehead atoms. The number of anilines is 1. The maximum atomic E-state index is 12.5. The molecule has 1 saturated heterocycles. The second kappa shape index (κ2) is 7.65. The Bertz CT molecular complexity index is 736. The minimum Gasteiger partial charge on any atom is -0.340 e. The van der Waals surface area contributed by atoms with E-state index in [-0.39, 0.29) is 24.0 Å². The van der Waals surface area contributed by atoms with Gasteiger partial charge in [0, 0.05) is 37.4 Å². The molecule has 8 nitrogen and oxygen atoms in total. The minimum absolute atomic E-state index is 0.0224. The van der Waals surface area contributed by atoms with Gasteiger partial charge >= 0.3 is 0 Å². The number of hydrogen-bond acceptors (Lipinski definition) is 6. The summed E-state index contributed by atoms with van der Waals surface area (Å²) in [6, 6.07) is 5.89. The van der Waals surface area contributed by atoms with Gasteiger partial charge in [-0.2, -0.15) is 0 Å². The number of piperazine rings is 1. The SMILES string of the molecule is CC(=O)c1ccc(NC(=O)C2CC(=O)NC(N3CCN(C)CC3)=N2)cc1. The highest BCUT2D eigenvalue weighted by molar-refractivity contribution is 6.06. The first kappa shape index (κ1) is 18.1. The Kier molecular flexibility index (Phi) is 5.32. The van der Waals surface area contributed by atoms with Gasteiger partial charge < -0.3 is 15.1 Å². The van der Waals surface area contributed by atoms with Gasteiger partial charge in [-0.05, 0) is 38.2 Å². The standard InChI is InChI=1S/C18H23N5O3/c1-12(24)13-3-5-14(6-4-13)19-17(26)15-11-16(25)21-18(20-15)23-9-7-22(2)8-10-23/h3-6,15H,7-11H2,1-2H3,(H,19,26)(H,20,21,25). The van der Waals surface area contributed by atoms with Gasteiger partial charge in [0.15, 0.2) is 5.78 Å². The highest BCUT2D eigenvalue weighted by atomic mass is 16.2. The Morgan fingerprint density at radius 1 is 1.15 bits per heavy atom. The Morgan fingerprint density at radius 2 is 1.81 bits per heavy atom. The monoisotopic (exact) mass is 357 g/mol. The second-order valence-electron chi connectivity index (χ2n) is 6.63. The highest BCUT2D eigenvalue weighted by Gasteiger charge is 2.30. The number of benzene rings is 1. The summed E-state index contributed by atoms with van der Waals surface area (Å²) >= 11 is 0. The quantitative estimate of drug-likeness (QED) is 0.760. The van der Waals surface area contributed by atoms with Gasteiger partial charge in [0.05, 0.1) is 6.42 Å². The van der Waals surface area contributed by atoms with E-state index in [0.29, 0.717) is 17.2 Å². The molecule has 2 aliphatic rings. The lowest BCUT2D eigenvalue weighted by molar-refractivity contribution is -0.125. The lowest BCUT2D eigenvalue weighted by Gasteiger charge is -2.36. The number of aliphatic imine (C=N–C) groups is 1. The van der Waals surface area contributed by atoms with Gasteiger partial charge in [-0.15, -0.1) is 0 Å². The van der Waals surface area contributed by atoms with Crippen LogP contribution in [0.5, 0.6) is 0 Å². The molecule has 1 unspecified atom stereocenters. The van der Waals surface area contributed by atoms with Crippen molar-refractivity contribution in [1.82, 2.24) is 15.1 Å². The van der Waals surface area contributed by atoms with Crippen molar-refractivity contribution in [3.63, 3.8) is 0 Å². The predicted molar refractivity (Wildman–Crippen MR) is 98.1 cm³/mol. The number of rotatable bonds is 3. The van der Waals surface area contributed by atoms with Gasteiger partial charge in [0.25, 0.3) is 0 Å². The van der Waals surface area contributed by atoms with Gasteiger partial charge in [-0.3, -0.25) is 19.7 Å². The van der Waals surface area contributed by atoms with Crippen molar-refractivity contribution >= 4 is 29.2 Å².